The molecular formula is C10H22F6N2O7S2Si. The van der Waals surface area contributed by atoms with Crippen LogP contribution in [-0.4, -0.2) is 89.7 Å². The van der Waals surface area contributed by atoms with Crippen molar-refractivity contribution in [2.45, 2.75) is 17.6 Å². The van der Waals surface area contributed by atoms with E-state index in [0.29, 0.717) is 6.61 Å². The number of hydrogen-bond donors (Lipinski definition) is 0. The third-order valence-corrected chi connectivity index (χ3v) is 7.60. The minimum Gasteiger partial charge on any atom is -0.421 e. The van der Waals surface area contributed by atoms with E-state index in [0.717, 1.165) is 15.2 Å². The Bertz CT molecular complexity index is 643. The van der Waals surface area contributed by atoms with Crippen molar-refractivity contribution in [1.82, 2.24) is 0 Å². The lowest BCUT2D eigenvalue weighted by molar-refractivity contribution is -0.870. The van der Waals surface area contributed by atoms with E-state index in [9.17, 15) is 43.2 Å². The Labute approximate surface area is 160 Å². The fourth-order valence-corrected chi connectivity index (χ4v) is 3.49. The van der Waals surface area contributed by atoms with Crippen LogP contribution in [0.5, 0.6) is 0 Å². The number of likely N-dealkylation sites (N-methyl/N-ethyl adjacent to an activating group) is 1. The molecule has 0 amide bonds. The number of alkyl halides is 6. The van der Waals surface area contributed by atoms with Crippen LogP contribution in [0.1, 0.15) is 0 Å². The van der Waals surface area contributed by atoms with Gasteiger partial charge in [-0.2, -0.15) is 26.3 Å². The topological polar surface area (TPSA) is 110 Å². The number of nitrogens with zero attached hydrogens (tertiary/aromatic N) is 2. The molecule has 0 radical (unpaired) electrons. The lowest BCUT2D eigenvalue weighted by Gasteiger charge is -2.27. The summed E-state index contributed by atoms with van der Waals surface area (Å²) in [5.74, 6) is 0. The predicted octanol–water partition coefficient (Wildman–Crippen LogP) is 1.63. The minimum atomic E-state index is -6.72. The van der Waals surface area contributed by atoms with E-state index < -0.39 is 39.9 Å². The molecule has 0 aromatic carbocycles. The lowest BCUT2D eigenvalue weighted by Crippen LogP contribution is -2.44. The van der Waals surface area contributed by atoms with E-state index in [-0.39, 0.29) is 0 Å². The summed E-state index contributed by atoms with van der Waals surface area (Å²) in [7, 11) is -6.12. The van der Waals surface area contributed by atoms with Crippen molar-refractivity contribution in [3.05, 3.63) is 4.13 Å². The number of sulfonamides is 2. The third-order valence-electron chi connectivity index (χ3n) is 2.65. The molecule has 0 aliphatic rings. The van der Waals surface area contributed by atoms with Crippen LogP contribution in [0, 0.1) is 0 Å². The molecule has 0 atom stereocenters. The van der Waals surface area contributed by atoms with Crippen molar-refractivity contribution in [2.75, 3.05) is 48.5 Å². The van der Waals surface area contributed by atoms with Gasteiger partial charge in [-0.05, 0) is 0 Å². The highest BCUT2D eigenvalue weighted by molar-refractivity contribution is 8.13. The summed E-state index contributed by atoms with van der Waals surface area (Å²) in [6.45, 7) is 3.52. The molecule has 0 saturated carbocycles. The van der Waals surface area contributed by atoms with Gasteiger partial charge in [-0.1, -0.05) is 0 Å². The zero-order valence-corrected chi connectivity index (χ0v) is 18.4. The fourth-order valence-electron chi connectivity index (χ4n) is 0.920. The van der Waals surface area contributed by atoms with Gasteiger partial charge in [0.1, 0.15) is 6.54 Å². The molecule has 0 aliphatic heterocycles. The third kappa shape index (κ3) is 10.9. The molecule has 0 aromatic rings. The lowest BCUT2D eigenvalue weighted by atomic mass is 10.5. The second kappa shape index (κ2) is 10.0. The van der Waals surface area contributed by atoms with Crippen LogP contribution < -0.4 is 0 Å². The Morgan fingerprint density at radius 2 is 1.18 bits per heavy atom. The van der Waals surface area contributed by atoms with Crippen LogP contribution >= 0.6 is 0 Å². The summed E-state index contributed by atoms with van der Waals surface area (Å²) >= 11 is 0. The number of rotatable bonds is 8. The van der Waals surface area contributed by atoms with Crippen LogP contribution in [0.15, 0.2) is 0 Å². The van der Waals surface area contributed by atoms with Gasteiger partial charge >= 0.3 is 19.8 Å². The van der Waals surface area contributed by atoms with Crippen molar-refractivity contribution in [3.63, 3.8) is 0 Å². The van der Waals surface area contributed by atoms with Crippen LogP contribution in [-0.2, 0) is 33.3 Å². The molecule has 0 aliphatic carbocycles. The van der Waals surface area contributed by atoms with Crippen molar-refractivity contribution in [3.8, 4) is 0 Å². The monoisotopic (exact) mass is 488 g/mol. The highest BCUT2D eigenvalue weighted by Gasteiger charge is 2.46. The van der Waals surface area contributed by atoms with Crippen molar-refractivity contribution in [2.24, 2.45) is 0 Å². The van der Waals surface area contributed by atoms with Gasteiger partial charge in [0, 0.05) is 20.8 Å². The van der Waals surface area contributed by atoms with Crippen molar-refractivity contribution < 1.29 is 60.9 Å². The van der Waals surface area contributed by atoms with E-state index >= 15 is 0 Å². The Balaban J connectivity index is 0. The van der Waals surface area contributed by atoms with Gasteiger partial charge in [-0.15, -0.1) is 0 Å². The second-order valence-electron chi connectivity index (χ2n) is 6.05. The Morgan fingerprint density at radius 1 is 0.857 bits per heavy atom. The largest absolute Gasteiger partial charge is 0.497 e. The maximum Gasteiger partial charge on any atom is 0.497 e. The van der Waals surface area contributed by atoms with Gasteiger partial charge in [0.25, 0.3) is 0 Å². The summed E-state index contributed by atoms with van der Waals surface area (Å²) < 4.78 is 126. The smallest absolute Gasteiger partial charge is 0.421 e. The van der Waals surface area contributed by atoms with E-state index in [1.54, 1.807) is 14.2 Å². The van der Waals surface area contributed by atoms with Crippen LogP contribution in [0.25, 0.3) is 4.13 Å². The van der Waals surface area contributed by atoms with Gasteiger partial charge in [0.2, 0.25) is 0 Å². The standard InChI is InChI=1S/C8H22NO3Si.C2F6NO4S2/c1-9(2,3)7-8-12-13(6,10-4)11-5;3-1(4,5)14(10,11)9-15(12,13)2(6,7)8/h7-8H2,1-6H3;/q+1;-1. The number of quaternary nitrogens is 1. The second-order valence-corrected chi connectivity index (χ2v) is 12.3. The maximum absolute atomic E-state index is 11.4. The number of halogens is 6. The highest BCUT2D eigenvalue weighted by Crippen LogP contribution is 2.36. The minimum absolute atomic E-state index is 0.675. The van der Waals surface area contributed by atoms with Gasteiger partial charge in [-0.25, -0.2) is 16.8 Å². The van der Waals surface area contributed by atoms with E-state index in [1.807, 2.05) is 6.55 Å². The summed E-state index contributed by atoms with van der Waals surface area (Å²) in [5, 5.41) is 0. The quantitative estimate of drug-likeness (QED) is 0.290. The molecule has 0 bridgehead atoms. The van der Waals surface area contributed by atoms with E-state index in [1.165, 1.54) is 0 Å². The molecule has 0 fully saturated rings. The molecule has 18 heteroatoms. The molecule has 0 saturated heterocycles. The molecule has 28 heavy (non-hydrogen) atoms. The van der Waals surface area contributed by atoms with Crippen LogP contribution in [0.4, 0.5) is 26.3 Å². The van der Waals surface area contributed by atoms with Gasteiger partial charge in [0.15, 0.2) is 20.0 Å². The molecule has 0 rings (SSSR count). The van der Waals surface area contributed by atoms with Gasteiger partial charge in [0.05, 0.1) is 27.7 Å². The summed E-state index contributed by atoms with van der Waals surface area (Å²) in [5.41, 5.74) is -12.4. The van der Waals surface area contributed by atoms with Gasteiger partial charge in [-0.3, -0.25) is 0 Å². The molecule has 0 spiro atoms. The zero-order chi connectivity index (χ0) is 23.2. The number of hydrogen-bond acceptors (Lipinski definition) is 7. The molecule has 0 heterocycles. The van der Waals surface area contributed by atoms with Crippen molar-refractivity contribution >= 4 is 28.9 Å². The molecule has 172 valence electrons. The zero-order valence-electron chi connectivity index (χ0n) is 15.8. The first-order valence-corrected chi connectivity index (χ1v) is 12.1. The SMILES string of the molecule is CO[Si](C)(OC)OCC[N+](C)(C)C.O=S(=O)([N-]S(=O)(=O)C(F)(F)F)C(F)(F)F. The molecule has 0 unspecified atom stereocenters. The summed E-state index contributed by atoms with van der Waals surface area (Å²) in [4.78, 5) is 0. The Morgan fingerprint density at radius 3 is 1.39 bits per heavy atom. The summed E-state index contributed by atoms with van der Waals surface area (Å²) in [6.07, 6.45) is 0. The Hall–Kier alpha value is -0.503. The Kier molecular flexibility index (Phi) is 10.6. The first-order valence-electron chi connectivity index (χ1n) is 6.95. The van der Waals surface area contributed by atoms with Crippen LogP contribution in [0.3, 0.4) is 0 Å². The average molecular weight is 489 g/mol. The van der Waals surface area contributed by atoms with E-state index in [4.69, 9.17) is 13.3 Å². The fraction of sp³-hybridized carbons (Fsp3) is 1.00. The molecule has 9 nitrogen and oxygen atoms in total. The van der Waals surface area contributed by atoms with Crippen molar-refractivity contribution in [1.29, 1.82) is 0 Å². The summed E-state index contributed by atoms with van der Waals surface area (Å²) in [6, 6.07) is 0. The molecule has 0 aromatic heterocycles. The maximum atomic E-state index is 11.4. The average Bonchev–Trinajstić information content (AvgIpc) is 2.43. The highest BCUT2D eigenvalue weighted by atomic mass is 32.3. The normalized spacial score (nSPS) is 14.4. The molecular weight excluding hydrogens is 466 g/mol. The van der Waals surface area contributed by atoms with Gasteiger partial charge < -0.3 is 21.9 Å². The van der Waals surface area contributed by atoms with E-state index in [2.05, 4.69) is 21.1 Å². The first kappa shape index (κ1) is 29.7. The predicted molar refractivity (Wildman–Crippen MR) is 87.8 cm³/mol. The molecule has 0 N–H and O–H groups in total. The first-order chi connectivity index (χ1) is 12.0. The van der Waals surface area contributed by atoms with Crippen LogP contribution in [0.2, 0.25) is 6.55 Å².